The maximum Gasteiger partial charge on any atom is 0.475 e. The van der Waals surface area contributed by atoms with Crippen molar-refractivity contribution < 1.29 is 40.8 Å². The maximum absolute atomic E-state index is 14.1. The fourth-order valence-corrected chi connectivity index (χ4v) is 16.6. The van der Waals surface area contributed by atoms with E-state index < -0.39 is 32.5 Å². The Morgan fingerprint density at radius 3 is 1.20 bits per heavy atom. The van der Waals surface area contributed by atoms with Gasteiger partial charge >= 0.3 is 14.6 Å². The van der Waals surface area contributed by atoms with Crippen molar-refractivity contribution in [3.05, 3.63) is 0 Å². The monoisotopic (exact) mass is 814 g/mol. The predicted molar refractivity (Wildman–Crippen MR) is 216 cm³/mol. The van der Waals surface area contributed by atoms with Gasteiger partial charge < -0.3 is 9.05 Å². The smallest absolute Gasteiger partial charge is 0.319 e. The van der Waals surface area contributed by atoms with Gasteiger partial charge in [-0.3, -0.25) is 22.6 Å². The molecule has 0 aromatic rings. The number of rotatable bonds is 30. The fraction of sp³-hybridized carbons (Fsp3) is 1.00. The van der Waals surface area contributed by atoms with Gasteiger partial charge in [-0.1, -0.05) is 80.1 Å². The van der Waals surface area contributed by atoms with E-state index in [9.17, 15) is 9.13 Å². The van der Waals surface area contributed by atoms with Crippen LogP contribution in [0.25, 0.3) is 0 Å². The van der Waals surface area contributed by atoms with Gasteiger partial charge in [0, 0.05) is 11.5 Å². The van der Waals surface area contributed by atoms with E-state index in [1.165, 1.54) is 11.4 Å². The average Bonchev–Trinajstić information content (AvgIpc) is 2.88. The number of phosphoric ester groups is 1. The molecule has 0 aliphatic carbocycles. The molecule has 0 aromatic carbocycles. The highest BCUT2D eigenvalue weighted by atomic mass is 32.9. The van der Waals surface area contributed by atoms with Crippen molar-refractivity contribution in [2.75, 3.05) is 18.1 Å². The summed E-state index contributed by atoms with van der Waals surface area (Å²) < 4.78 is 70.9. The Morgan fingerprint density at radius 2 is 0.857 bits per heavy atom. The molecule has 0 heterocycles. The normalized spacial score (nSPS) is 20.1. The second kappa shape index (κ2) is 25.6. The van der Waals surface area contributed by atoms with Crippen LogP contribution < -0.4 is 0 Å². The zero-order chi connectivity index (χ0) is 38.0. The highest BCUT2D eigenvalue weighted by Crippen LogP contribution is 2.65. The van der Waals surface area contributed by atoms with Gasteiger partial charge in [-0.05, 0) is 121 Å². The third-order valence-electron chi connectivity index (χ3n) is 6.75. The van der Waals surface area contributed by atoms with Crippen molar-refractivity contribution in [1.29, 1.82) is 0 Å². The molecule has 0 aromatic heterocycles. The van der Waals surface area contributed by atoms with E-state index in [1.807, 2.05) is 41.5 Å². The van der Waals surface area contributed by atoms with Crippen LogP contribution in [-0.2, 0) is 52.6 Å². The minimum atomic E-state index is -4.01. The highest BCUT2D eigenvalue weighted by Gasteiger charge is 2.37. The Kier molecular flexibility index (Phi) is 26.4. The first-order valence-corrected chi connectivity index (χ1v) is 27.2. The van der Waals surface area contributed by atoms with E-state index in [1.54, 1.807) is 6.92 Å². The molecule has 0 radical (unpaired) electrons. The molecule has 7 unspecified atom stereocenters. The Labute approximate surface area is 315 Å². The third-order valence-corrected chi connectivity index (χ3v) is 18.1. The van der Waals surface area contributed by atoms with E-state index in [2.05, 4.69) is 55.4 Å². The lowest BCUT2D eigenvalue weighted by Gasteiger charge is -2.30. The van der Waals surface area contributed by atoms with Gasteiger partial charge in [0.05, 0.1) is 43.2 Å². The average molecular weight is 815 g/mol. The first kappa shape index (κ1) is 50.5. The largest absolute Gasteiger partial charge is 0.475 e. The zero-order valence-electron chi connectivity index (χ0n) is 33.4. The molecular formula is C34H73O9P3S3. The summed E-state index contributed by atoms with van der Waals surface area (Å²) in [5.41, 5.74) is -2.75. The first-order chi connectivity index (χ1) is 22.5. The standard InChI is InChI=1S/C34H73O9P3S3/c1-16-17-18-37-44(35,38-33(14)23-48-45(36,40-29(10)19-25(2)3)41-30(11)20-26(4)5)39-34(15)24-49-46(47,42-31(12)21-27(6)7)43-32(13)22-28(8)9/h25-34H,16-24H2,1-15H3. The Hall–Kier alpha value is 1.53. The number of hydrogen-bond donors (Lipinski definition) is 0. The first-order valence-electron chi connectivity index (χ1n) is 18.3. The van der Waals surface area contributed by atoms with Crippen LogP contribution in [0.1, 0.15) is 142 Å². The Balaban J connectivity index is 5.78. The van der Waals surface area contributed by atoms with Crippen LogP contribution in [0.4, 0.5) is 0 Å². The number of unbranched alkanes of at least 4 members (excludes halogenated alkanes) is 1. The van der Waals surface area contributed by atoms with Crippen molar-refractivity contribution in [2.45, 2.75) is 179 Å². The molecule has 0 spiro atoms. The summed E-state index contributed by atoms with van der Waals surface area (Å²) in [7, 11) is -4.01. The predicted octanol–water partition coefficient (Wildman–Crippen LogP) is 13.3. The van der Waals surface area contributed by atoms with Gasteiger partial charge in [-0.25, -0.2) is 9.13 Å². The van der Waals surface area contributed by atoms with Crippen molar-refractivity contribution in [3.63, 3.8) is 0 Å². The van der Waals surface area contributed by atoms with Crippen LogP contribution in [0.3, 0.4) is 0 Å². The summed E-state index contributed by atoms with van der Waals surface area (Å²) in [4.78, 5) is 0. The minimum Gasteiger partial charge on any atom is -0.319 e. The molecule has 0 saturated carbocycles. The summed E-state index contributed by atoms with van der Waals surface area (Å²) in [6.45, 7) is 27.2. The molecule has 296 valence electrons. The van der Waals surface area contributed by atoms with Gasteiger partial charge in [-0.2, -0.15) is 0 Å². The lowest BCUT2D eigenvalue weighted by atomic mass is 10.1. The molecule has 0 N–H and O–H groups in total. The topological polar surface area (TPSA) is 98.8 Å². The van der Waals surface area contributed by atoms with E-state index >= 15 is 0 Å². The molecule has 0 aliphatic heterocycles. The summed E-state index contributed by atoms with van der Waals surface area (Å²) >= 11 is 8.52. The van der Waals surface area contributed by atoms with Crippen molar-refractivity contribution in [2.24, 2.45) is 23.7 Å². The summed E-state index contributed by atoms with van der Waals surface area (Å²) in [6, 6.07) is 0. The summed E-state index contributed by atoms with van der Waals surface area (Å²) in [6.07, 6.45) is 3.00. The lowest BCUT2D eigenvalue weighted by molar-refractivity contribution is 0.0735. The van der Waals surface area contributed by atoms with Gasteiger partial charge in [0.25, 0.3) is 0 Å². The molecule has 0 bridgehead atoms. The molecule has 15 heteroatoms. The van der Waals surface area contributed by atoms with Crippen LogP contribution in [0.2, 0.25) is 0 Å². The molecular weight excluding hydrogens is 741 g/mol. The third kappa shape index (κ3) is 26.1. The summed E-state index contributed by atoms with van der Waals surface area (Å²) in [5, 5.41) is 0. The molecule has 49 heavy (non-hydrogen) atoms. The van der Waals surface area contributed by atoms with E-state index in [-0.39, 0.29) is 36.8 Å². The van der Waals surface area contributed by atoms with Crippen molar-refractivity contribution >= 4 is 54.9 Å². The maximum atomic E-state index is 14.1. The second-order valence-electron chi connectivity index (χ2n) is 15.1. The molecule has 0 fully saturated rings. The SMILES string of the molecule is CCCCOP(=O)(OC(C)CSP(=O)(OC(C)CC(C)C)OC(C)CC(C)C)OC(C)CSP(=S)(OC(C)CC(C)C)OC(C)CC(C)C. The number of hydrogen-bond acceptors (Lipinski definition) is 12. The molecule has 0 amide bonds. The molecule has 9 nitrogen and oxygen atoms in total. The van der Waals surface area contributed by atoms with Crippen LogP contribution in [-0.4, -0.2) is 54.7 Å². The number of phosphoric acid groups is 1. The Morgan fingerprint density at radius 1 is 0.510 bits per heavy atom. The molecule has 0 rings (SSSR count). The highest BCUT2D eigenvalue weighted by molar-refractivity contribution is 8.67. The molecule has 0 aliphatic rings. The van der Waals surface area contributed by atoms with Gasteiger partial charge in [0.15, 0.2) is 0 Å². The lowest BCUT2D eigenvalue weighted by Crippen LogP contribution is -2.19. The van der Waals surface area contributed by atoms with Gasteiger partial charge in [-0.15, -0.1) is 0 Å². The molecule has 7 atom stereocenters. The van der Waals surface area contributed by atoms with Crippen LogP contribution >= 0.6 is 43.1 Å². The zero-order valence-corrected chi connectivity index (χ0v) is 38.5. The van der Waals surface area contributed by atoms with Crippen LogP contribution in [0, 0.1) is 23.7 Å². The van der Waals surface area contributed by atoms with Crippen molar-refractivity contribution in [1.82, 2.24) is 0 Å². The van der Waals surface area contributed by atoms with Crippen LogP contribution in [0.15, 0.2) is 0 Å². The van der Waals surface area contributed by atoms with Crippen LogP contribution in [0.5, 0.6) is 0 Å². The fourth-order valence-electron chi connectivity index (χ4n) is 5.18. The second-order valence-corrected chi connectivity index (χ2v) is 27.0. The van der Waals surface area contributed by atoms with E-state index in [0.29, 0.717) is 35.8 Å². The quantitative estimate of drug-likeness (QED) is 0.0510. The minimum absolute atomic E-state index is 0.0587. The van der Waals surface area contributed by atoms with E-state index in [0.717, 1.165) is 43.5 Å². The molecule has 0 saturated heterocycles. The van der Waals surface area contributed by atoms with Gasteiger partial charge in [0.1, 0.15) is 0 Å². The van der Waals surface area contributed by atoms with Crippen molar-refractivity contribution in [3.8, 4) is 0 Å². The Bertz CT molecular complexity index is 905. The van der Waals surface area contributed by atoms with E-state index in [4.69, 9.17) is 43.5 Å². The summed E-state index contributed by atoms with van der Waals surface area (Å²) in [5.74, 6) is 2.27. The van der Waals surface area contributed by atoms with Gasteiger partial charge in [0.2, 0.25) is 5.69 Å².